The number of hydrogen-bond acceptors (Lipinski definition) is 2. The summed E-state index contributed by atoms with van der Waals surface area (Å²) in [6.07, 6.45) is 2.25. The zero-order valence-corrected chi connectivity index (χ0v) is 14.1. The first-order chi connectivity index (χ1) is 9.56. The van der Waals surface area contributed by atoms with Crippen molar-refractivity contribution in [3.8, 4) is 0 Å². The monoisotopic (exact) mass is 295 g/mol. The molecule has 0 aliphatic carbocycles. The van der Waals surface area contributed by atoms with E-state index in [1.807, 2.05) is 6.07 Å². The molecule has 1 rings (SSSR count). The summed E-state index contributed by atoms with van der Waals surface area (Å²) in [5, 5.41) is 3.56. The smallest absolute Gasteiger partial charge is 0.0486 e. The van der Waals surface area contributed by atoms with E-state index in [1.54, 1.807) is 0 Å². The summed E-state index contributed by atoms with van der Waals surface area (Å²) in [5.41, 5.74) is 2.42. The highest BCUT2D eigenvalue weighted by atomic mass is 32.2. The molecule has 1 aromatic rings. The van der Waals surface area contributed by atoms with Gasteiger partial charge in [-0.15, -0.1) is 0 Å². The van der Waals surface area contributed by atoms with Crippen LogP contribution in [0.3, 0.4) is 0 Å². The van der Waals surface area contributed by atoms with Crippen molar-refractivity contribution in [1.29, 1.82) is 0 Å². The Labute approximate surface area is 126 Å². The molecule has 0 fully saturated rings. The molecular weight excluding hydrogens is 266 g/mol. The van der Waals surface area contributed by atoms with Crippen LogP contribution in [0.15, 0.2) is 24.3 Å². The van der Waals surface area contributed by atoms with E-state index in [0.717, 1.165) is 25.1 Å². The summed E-state index contributed by atoms with van der Waals surface area (Å²) in [7, 11) is -0.797. The van der Waals surface area contributed by atoms with Crippen molar-refractivity contribution >= 4 is 10.8 Å². The Morgan fingerprint density at radius 3 is 2.65 bits per heavy atom. The van der Waals surface area contributed by atoms with Crippen molar-refractivity contribution in [2.75, 3.05) is 12.3 Å². The van der Waals surface area contributed by atoms with E-state index in [0.29, 0.717) is 17.7 Å². The quantitative estimate of drug-likeness (QED) is 0.753. The Kier molecular flexibility index (Phi) is 8.08. The van der Waals surface area contributed by atoms with Gasteiger partial charge in [-0.1, -0.05) is 57.0 Å². The fraction of sp³-hybridized carbons (Fsp3) is 0.647. The van der Waals surface area contributed by atoms with Crippen molar-refractivity contribution in [3.05, 3.63) is 35.4 Å². The molecule has 0 radical (unpaired) electrons. The lowest BCUT2D eigenvalue weighted by molar-refractivity contribution is 0.394. The minimum absolute atomic E-state index is 0.366. The second-order valence-electron chi connectivity index (χ2n) is 5.69. The molecule has 0 heterocycles. The van der Waals surface area contributed by atoms with E-state index in [1.165, 1.54) is 11.1 Å². The fourth-order valence-corrected chi connectivity index (χ4v) is 3.80. The van der Waals surface area contributed by atoms with Crippen LogP contribution in [-0.4, -0.2) is 22.5 Å². The molecule has 0 aromatic heterocycles. The van der Waals surface area contributed by atoms with Gasteiger partial charge in [-0.05, 0) is 31.4 Å². The second-order valence-corrected chi connectivity index (χ2v) is 7.19. The van der Waals surface area contributed by atoms with E-state index in [4.69, 9.17) is 0 Å². The largest absolute Gasteiger partial charge is 0.313 e. The van der Waals surface area contributed by atoms with Gasteiger partial charge in [0.15, 0.2) is 0 Å². The predicted octanol–water partition coefficient (Wildman–Crippen LogP) is 3.66. The van der Waals surface area contributed by atoms with Gasteiger partial charge in [-0.25, -0.2) is 0 Å². The van der Waals surface area contributed by atoms with Crippen LogP contribution in [-0.2, 0) is 16.6 Å². The van der Waals surface area contributed by atoms with E-state index < -0.39 is 10.8 Å². The predicted molar refractivity (Wildman–Crippen MR) is 89.4 cm³/mol. The van der Waals surface area contributed by atoms with Crippen LogP contribution in [0.4, 0.5) is 0 Å². The SMILES string of the molecule is CCCNC(CS(=O)Cc1cccc(C)c1)C(C)CC. The van der Waals surface area contributed by atoms with Gasteiger partial charge in [0.1, 0.15) is 0 Å². The zero-order chi connectivity index (χ0) is 15.0. The van der Waals surface area contributed by atoms with Crippen molar-refractivity contribution in [3.63, 3.8) is 0 Å². The zero-order valence-electron chi connectivity index (χ0n) is 13.3. The Balaban J connectivity index is 2.56. The van der Waals surface area contributed by atoms with Crippen LogP contribution in [0.2, 0.25) is 0 Å². The molecule has 114 valence electrons. The third-order valence-corrected chi connectivity index (χ3v) is 5.15. The van der Waals surface area contributed by atoms with Gasteiger partial charge in [-0.3, -0.25) is 4.21 Å². The lowest BCUT2D eigenvalue weighted by atomic mass is 10.0. The maximum absolute atomic E-state index is 12.4. The van der Waals surface area contributed by atoms with Gasteiger partial charge in [0.05, 0.1) is 0 Å². The Hall–Kier alpha value is -0.670. The van der Waals surface area contributed by atoms with Gasteiger partial charge in [0, 0.05) is 28.3 Å². The van der Waals surface area contributed by atoms with Crippen LogP contribution in [0.25, 0.3) is 0 Å². The molecule has 0 amide bonds. The lowest BCUT2D eigenvalue weighted by Gasteiger charge is -2.24. The van der Waals surface area contributed by atoms with E-state index >= 15 is 0 Å². The van der Waals surface area contributed by atoms with Gasteiger partial charge < -0.3 is 5.32 Å². The lowest BCUT2D eigenvalue weighted by Crippen LogP contribution is -2.40. The first-order valence-corrected chi connectivity index (χ1v) is 9.19. The molecule has 3 heteroatoms. The van der Waals surface area contributed by atoms with E-state index in [9.17, 15) is 4.21 Å². The standard InChI is InChI=1S/C17H29NOS/c1-5-10-18-17(15(4)6-2)13-20(19)12-16-9-7-8-14(3)11-16/h7-9,11,15,17-18H,5-6,10,12-13H2,1-4H3. The average Bonchev–Trinajstić information content (AvgIpc) is 2.42. The second kappa shape index (κ2) is 9.30. The maximum Gasteiger partial charge on any atom is 0.0486 e. The highest BCUT2D eigenvalue weighted by Gasteiger charge is 2.18. The maximum atomic E-state index is 12.4. The van der Waals surface area contributed by atoms with Crippen LogP contribution >= 0.6 is 0 Å². The molecule has 20 heavy (non-hydrogen) atoms. The number of benzene rings is 1. The van der Waals surface area contributed by atoms with Crippen LogP contribution < -0.4 is 5.32 Å². The van der Waals surface area contributed by atoms with Crippen molar-refractivity contribution in [2.24, 2.45) is 5.92 Å². The number of rotatable bonds is 9. The molecule has 0 aliphatic rings. The minimum Gasteiger partial charge on any atom is -0.313 e. The molecule has 0 bridgehead atoms. The first kappa shape index (κ1) is 17.4. The normalized spacial score (nSPS) is 15.8. The topological polar surface area (TPSA) is 29.1 Å². The third-order valence-electron chi connectivity index (χ3n) is 3.76. The molecule has 3 unspecified atom stereocenters. The number of hydrogen-bond donors (Lipinski definition) is 1. The van der Waals surface area contributed by atoms with Crippen LogP contribution in [0.5, 0.6) is 0 Å². The summed E-state index contributed by atoms with van der Waals surface area (Å²) in [4.78, 5) is 0. The molecule has 3 atom stereocenters. The molecule has 0 saturated heterocycles. The van der Waals surface area contributed by atoms with Gasteiger partial charge in [-0.2, -0.15) is 0 Å². The summed E-state index contributed by atoms with van der Waals surface area (Å²) in [6, 6.07) is 8.70. The summed E-state index contributed by atoms with van der Waals surface area (Å²) in [5.74, 6) is 1.99. The summed E-state index contributed by atoms with van der Waals surface area (Å²) < 4.78 is 12.4. The van der Waals surface area contributed by atoms with Crippen LogP contribution in [0, 0.1) is 12.8 Å². The van der Waals surface area contributed by atoms with E-state index in [-0.39, 0.29) is 0 Å². The molecule has 0 saturated carbocycles. The fourth-order valence-electron chi connectivity index (χ4n) is 2.29. The van der Waals surface area contributed by atoms with Crippen molar-refractivity contribution in [2.45, 2.75) is 52.3 Å². The molecule has 0 spiro atoms. The summed E-state index contributed by atoms with van der Waals surface area (Å²) in [6.45, 7) is 9.71. The molecular formula is C17H29NOS. The highest BCUT2D eigenvalue weighted by Crippen LogP contribution is 2.12. The first-order valence-electron chi connectivity index (χ1n) is 7.70. The number of aryl methyl sites for hydroxylation is 1. The molecule has 0 aliphatic heterocycles. The Morgan fingerprint density at radius 1 is 1.30 bits per heavy atom. The molecule has 2 nitrogen and oxygen atoms in total. The van der Waals surface area contributed by atoms with Gasteiger partial charge in [0.25, 0.3) is 0 Å². The minimum atomic E-state index is -0.797. The average molecular weight is 295 g/mol. The van der Waals surface area contributed by atoms with Crippen molar-refractivity contribution < 1.29 is 4.21 Å². The summed E-state index contributed by atoms with van der Waals surface area (Å²) >= 11 is 0. The van der Waals surface area contributed by atoms with Crippen LogP contribution in [0.1, 0.15) is 44.7 Å². The van der Waals surface area contributed by atoms with Gasteiger partial charge >= 0.3 is 0 Å². The van der Waals surface area contributed by atoms with Crippen molar-refractivity contribution in [1.82, 2.24) is 5.32 Å². The van der Waals surface area contributed by atoms with Gasteiger partial charge in [0.2, 0.25) is 0 Å². The van der Waals surface area contributed by atoms with E-state index in [2.05, 4.69) is 51.2 Å². The Bertz CT molecular complexity index is 419. The Morgan fingerprint density at radius 2 is 2.05 bits per heavy atom. The number of nitrogens with one attached hydrogen (secondary N) is 1. The highest BCUT2D eigenvalue weighted by molar-refractivity contribution is 7.84. The molecule has 1 aromatic carbocycles. The third kappa shape index (κ3) is 6.19. The molecule has 1 N–H and O–H groups in total.